The first-order chi connectivity index (χ1) is 59.1. The first-order valence-corrected chi connectivity index (χ1v) is 41.3. The number of pyridine rings is 4. The third-order valence-corrected chi connectivity index (χ3v) is 25.6. The maximum Gasteiger partial charge on any atom is 0.249 e. The lowest BCUT2D eigenvalue weighted by molar-refractivity contribution is -0.659. The van der Waals surface area contributed by atoms with Gasteiger partial charge in [-0.05, 0) is 132 Å². The van der Waals surface area contributed by atoms with Crippen molar-refractivity contribution in [2.75, 3.05) is 0 Å². The van der Waals surface area contributed by atoms with Crippen LogP contribution in [0.2, 0.25) is 0 Å². The number of para-hydroxylation sites is 5. The van der Waals surface area contributed by atoms with Gasteiger partial charge in [0, 0.05) is 149 Å². The first kappa shape index (κ1) is 72.3. The van der Waals surface area contributed by atoms with E-state index in [9.17, 15) is 0 Å². The number of benzene rings is 13. The van der Waals surface area contributed by atoms with Crippen LogP contribution in [0.1, 0.15) is 22.5 Å². The number of nitrogens with zero attached hydrogens (tertiary/aromatic N) is 8. The summed E-state index contributed by atoms with van der Waals surface area (Å²) in [6.07, 6.45) is 8.89. The van der Waals surface area contributed by atoms with Gasteiger partial charge in [-0.25, -0.2) is 0 Å². The van der Waals surface area contributed by atoms with Crippen molar-refractivity contribution in [2.45, 2.75) is 27.7 Å². The summed E-state index contributed by atoms with van der Waals surface area (Å²) in [6, 6.07) is 105. The third-order valence-electron chi connectivity index (χ3n) is 25.6. The number of hydrogen-bond acceptors (Lipinski definition) is 4. The average Bonchev–Trinajstić information content (AvgIpc) is 1.59. The van der Waals surface area contributed by atoms with Gasteiger partial charge >= 0.3 is 0 Å². The van der Waals surface area contributed by atoms with Gasteiger partial charge in [0.25, 0.3) is 0 Å². The molecule has 12 nitrogen and oxygen atoms in total. The van der Waals surface area contributed by atoms with Crippen molar-refractivity contribution in [2.24, 2.45) is 49.3 Å². The van der Waals surface area contributed by atoms with Gasteiger partial charge in [-0.15, -0.1) is 0 Å². The normalized spacial score (nSPS) is 11.9. The van der Waals surface area contributed by atoms with Crippen molar-refractivity contribution in [3.63, 3.8) is 0 Å². The number of hydrogen-bond donors (Lipinski definition) is 0. The monoisotopic (exact) mass is 1570 g/mol. The fourth-order valence-corrected chi connectivity index (χ4v) is 19.4. The molecule has 0 spiro atoms. The van der Waals surface area contributed by atoms with Gasteiger partial charge in [0.15, 0.2) is 24.8 Å². The first-order valence-electron chi connectivity index (χ1n) is 41.3. The van der Waals surface area contributed by atoms with Crippen LogP contribution < -0.4 is 18.3 Å². The molecule has 12 heterocycles. The Hall–Kier alpha value is -15.1. The maximum atomic E-state index is 6.36. The molecule has 0 radical (unpaired) electrons. The SMILES string of the molecule is Cc1c(-c2cc3c4c5ccccc5ccc4n(C)c3c[n+]2C)oc2ccccc12.Cc1c(-c2cc3c4cc5ccccc5cc4n(-c4ccccc4)c3c[n+]2C)oc2ccccc12.Cc1c(-c2cc3c4cc5ccccc5cc4n(C)c3c[n+]2C)oc2ccccc12.Cc1oc2ccccc2c1-c1cc2c3ccc4ccccc4c3n(C)c2c[n+]1C. The molecule has 0 saturated heterocycles. The molecule has 25 rings (SSSR count). The molecule has 0 aliphatic carbocycles. The molecule has 0 bridgehead atoms. The largest absolute Gasteiger partial charge is 0.460 e. The van der Waals surface area contributed by atoms with Gasteiger partial charge in [-0.3, -0.25) is 0 Å². The average molecular weight is 1570 g/mol. The van der Waals surface area contributed by atoms with E-state index in [2.05, 4.69) is 387 Å². The van der Waals surface area contributed by atoms with E-state index in [0.29, 0.717) is 0 Å². The lowest BCUT2D eigenvalue weighted by Crippen LogP contribution is -2.30. The predicted octanol–water partition coefficient (Wildman–Crippen LogP) is 25.6. The Labute approximate surface area is 696 Å². The van der Waals surface area contributed by atoms with Crippen LogP contribution in [0, 0.1) is 27.7 Å². The Morgan fingerprint density at radius 3 is 1.13 bits per heavy atom. The van der Waals surface area contributed by atoms with Crippen molar-refractivity contribution in [1.82, 2.24) is 18.3 Å². The summed E-state index contributed by atoms with van der Waals surface area (Å²) in [5, 5.41) is 24.9. The van der Waals surface area contributed by atoms with Gasteiger partial charge in [0.2, 0.25) is 40.1 Å². The molecule has 0 atom stereocenters. The van der Waals surface area contributed by atoms with E-state index < -0.39 is 0 Å². The van der Waals surface area contributed by atoms with Gasteiger partial charge in [-0.2, -0.15) is 18.3 Å². The van der Waals surface area contributed by atoms with Crippen LogP contribution in [0.15, 0.2) is 340 Å². The van der Waals surface area contributed by atoms with E-state index in [1.54, 1.807) is 0 Å². The highest BCUT2D eigenvalue weighted by Crippen LogP contribution is 2.44. The fraction of sp³-hybridized carbons (Fsp3) is 0.101. The van der Waals surface area contributed by atoms with E-state index in [4.69, 9.17) is 17.7 Å². The van der Waals surface area contributed by atoms with Crippen LogP contribution in [-0.4, -0.2) is 18.3 Å². The van der Waals surface area contributed by atoms with Crippen LogP contribution in [0.3, 0.4) is 0 Å². The Balaban J connectivity index is 0.0000000968. The molecule has 0 N–H and O–H groups in total. The highest BCUT2D eigenvalue weighted by atomic mass is 16.3. The summed E-state index contributed by atoms with van der Waals surface area (Å²) < 4.78 is 43.0. The number of aryl methyl sites for hydroxylation is 11. The molecule has 121 heavy (non-hydrogen) atoms. The zero-order valence-electron chi connectivity index (χ0n) is 69.3. The molecule has 0 fully saturated rings. The topological polar surface area (TPSA) is 87.8 Å². The summed E-state index contributed by atoms with van der Waals surface area (Å²) in [4.78, 5) is 0. The molecular formula is C109H86N8O4+4. The summed E-state index contributed by atoms with van der Waals surface area (Å²) >= 11 is 0. The second-order valence-corrected chi connectivity index (χ2v) is 32.6. The van der Waals surface area contributed by atoms with Gasteiger partial charge < -0.3 is 35.9 Å². The highest BCUT2D eigenvalue weighted by molar-refractivity contribution is 6.22. The van der Waals surface area contributed by atoms with Gasteiger partial charge in [0.1, 0.15) is 78.3 Å². The number of furan rings is 4. The molecule has 0 aliphatic heterocycles. The zero-order valence-corrected chi connectivity index (χ0v) is 69.3. The molecule has 12 aromatic heterocycles. The molecule has 0 amide bonds. The smallest absolute Gasteiger partial charge is 0.249 e. The second kappa shape index (κ2) is 28.0. The van der Waals surface area contributed by atoms with Crippen molar-refractivity contribution < 1.29 is 35.9 Å². The summed E-state index contributed by atoms with van der Waals surface area (Å²) in [6.45, 7) is 8.48. The highest BCUT2D eigenvalue weighted by Gasteiger charge is 2.30. The van der Waals surface area contributed by atoms with E-state index in [1.165, 1.54) is 169 Å². The predicted molar refractivity (Wildman–Crippen MR) is 497 cm³/mol. The van der Waals surface area contributed by atoms with Crippen LogP contribution >= 0.6 is 0 Å². The lowest BCUT2D eigenvalue weighted by Gasteiger charge is -2.07. The molecule has 582 valence electrons. The van der Waals surface area contributed by atoms with Gasteiger partial charge in [-0.1, -0.05) is 206 Å². The van der Waals surface area contributed by atoms with Crippen LogP contribution in [0.25, 0.3) is 225 Å². The van der Waals surface area contributed by atoms with Crippen molar-refractivity contribution in [1.29, 1.82) is 0 Å². The third kappa shape index (κ3) is 11.5. The van der Waals surface area contributed by atoms with Crippen molar-refractivity contribution in [3.05, 3.63) is 344 Å². The van der Waals surface area contributed by atoms with E-state index in [-0.39, 0.29) is 0 Å². The molecule has 0 saturated carbocycles. The fourth-order valence-electron chi connectivity index (χ4n) is 19.4. The van der Waals surface area contributed by atoms with Crippen molar-refractivity contribution in [3.8, 4) is 51.3 Å². The molecule has 25 aromatic rings. The van der Waals surface area contributed by atoms with E-state index in [1.807, 2.05) is 48.5 Å². The summed E-state index contributed by atoms with van der Waals surface area (Å²) in [5.74, 6) is 3.75. The van der Waals surface area contributed by atoms with Crippen LogP contribution in [-0.2, 0) is 49.3 Å². The Morgan fingerprint density at radius 2 is 0.595 bits per heavy atom. The minimum absolute atomic E-state index is 0.923. The second-order valence-electron chi connectivity index (χ2n) is 32.6. The van der Waals surface area contributed by atoms with E-state index in [0.717, 1.165) is 78.9 Å². The molecule has 13 aromatic carbocycles. The standard InChI is InChI=1S/C31H23N2O.3C26H21N2O/c1-20-24-14-8-9-15-30(24)34-31(20)28-18-26-25-16-21-10-6-7-11-22(21)17-27(25)33(29(26)19-32(28)2)23-12-4-3-5-13-23;1-16-18-9-6-7-11-24(18)29-26(16)22-14-20-23(15-27(22)2)28(3)21-13-12-17-8-4-5-10-19(17)25(20)21;1-16-19-10-6-7-11-25(19)29-26(16)23-14-21-20-12-17-8-4-5-9-18(17)13-22(20)28(3)24(21)15-27(23)2;1-16-25(20-10-6-7-11-24(20)29-16)22-14-21-19-13-12-17-8-4-5-9-18(17)26(19)28(3)23(21)15-27(22)2/h3-19H,1-2H3;3*4-15H,1-3H3/q4*+1. The van der Waals surface area contributed by atoms with Crippen LogP contribution in [0.4, 0.5) is 0 Å². The van der Waals surface area contributed by atoms with Crippen molar-refractivity contribution >= 4 is 174 Å². The number of fused-ring (bicyclic) bond motifs is 22. The Bertz CT molecular complexity index is 8610. The Kier molecular flexibility index (Phi) is 16.8. The number of aromatic nitrogens is 8. The molecule has 12 heteroatoms. The molecule has 0 unspecified atom stereocenters. The molecule has 0 aliphatic rings. The zero-order chi connectivity index (χ0) is 81.9. The van der Waals surface area contributed by atoms with Gasteiger partial charge in [0.05, 0.1) is 16.6 Å². The minimum Gasteiger partial charge on any atom is -0.460 e. The Morgan fingerprint density at radius 1 is 0.240 bits per heavy atom. The number of rotatable bonds is 5. The van der Waals surface area contributed by atoms with Crippen LogP contribution in [0.5, 0.6) is 0 Å². The quantitative estimate of drug-likeness (QED) is 0.161. The maximum absolute atomic E-state index is 6.36. The minimum atomic E-state index is 0.923. The lowest BCUT2D eigenvalue weighted by atomic mass is 10.0. The summed E-state index contributed by atoms with van der Waals surface area (Å²) in [5.41, 5.74) is 23.8. The molecular weight excluding hydrogens is 1490 g/mol. The van der Waals surface area contributed by atoms with E-state index >= 15 is 0 Å². The summed E-state index contributed by atoms with van der Waals surface area (Å²) in [7, 11) is 14.9.